The molecule has 1 N–H and O–H groups in total. The molecule has 1 saturated carbocycles. The Labute approximate surface area is 144 Å². The lowest BCUT2D eigenvalue weighted by molar-refractivity contribution is 0.0788. The topological polar surface area (TPSA) is 66.1 Å². The van der Waals surface area contributed by atoms with Gasteiger partial charge in [0.15, 0.2) is 0 Å². The van der Waals surface area contributed by atoms with Crippen molar-refractivity contribution in [2.45, 2.75) is 31.1 Å². The van der Waals surface area contributed by atoms with Crippen molar-refractivity contribution >= 4 is 17.5 Å². The SMILES string of the molecule is O=C(c1cnc(C2CC2)[nH]c1=O)N1CCC(c2ccccc2Cl)C1. The Morgan fingerprint density at radius 2 is 2.00 bits per heavy atom. The van der Waals surface area contributed by atoms with Crippen LogP contribution in [0.15, 0.2) is 35.3 Å². The number of nitrogens with zero attached hydrogens (tertiary/aromatic N) is 2. The maximum atomic E-state index is 12.7. The fraction of sp³-hybridized carbons (Fsp3) is 0.389. The van der Waals surface area contributed by atoms with E-state index < -0.39 is 0 Å². The third-order valence-corrected chi connectivity index (χ3v) is 5.18. The van der Waals surface area contributed by atoms with Gasteiger partial charge in [-0.3, -0.25) is 9.59 Å². The van der Waals surface area contributed by atoms with Crippen LogP contribution in [0.4, 0.5) is 0 Å². The lowest BCUT2D eigenvalue weighted by Crippen LogP contribution is -2.33. The molecule has 5 nitrogen and oxygen atoms in total. The van der Waals surface area contributed by atoms with Crippen molar-refractivity contribution in [3.63, 3.8) is 0 Å². The monoisotopic (exact) mass is 343 g/mol. The molecule has 1 aliphatic heterocycles. The summed E-state index contributed by atoms with van der Waals surface area (Å²) < 4.78 is 0. The summed E-state index contributed by atoms with van der Waals surface area (Å²) in [4.78, 5) is 33.6. The number of H-pyrrole nitrogens is 1. The molecule has 0 bridgehead atoms. The fourth-order valence-electron chi connectivity index (χ4n) is 3.30. The zero-order valence-corrected chi connectivity index (χ0v) is 13.9. The number of amides is 1. The summed E-state index contributed by atoms with van der Waals surface area (Å²) in [5.74, 6) is 1.02. The van der Waals surface area contributed by atoms with E-state index in [1.165, 1.54) is 6.20 Å². The van der Waals surface area contributed by atoms with E-state index in [4.69, 9.17) is 11.6 Å². The van der Waals surface area contributed by atoms with E-state index in [2.05, 4.69) is 9.97 Å². The summed E-state index contributed by atoms with van der Waals surface area (Å²) in [6.45, 7) is 1.20. The predicted molar refractivity (Wildman–Crippen MR) is 91.5 cm³/mol. The van der Waals surface area contributed by atoms with E-state index in [-0.39, 0.29) is 22.9 Å². The van der Waals surface area contributed by atoms with Gasteiger partial charge in [-0.05, 0) is 30.9 Å². The molecule has 1 aromatic heterocycles. The van der Waals surface area contributed by atoms with Crippen molar-refractivity contribution in [3.05, 3.63) is 62.8 Å². The van der Waals surface area contributed by atoms with Crippen molar-refractivity contribution in [2.75, 3.05) is 13.1 Å². The zero-order valence-electron chi connectivity index (χ0n) is 13.2. The number of nitrogens with one attached hydrogen (secondary N) is 1. The molecule has 2 aliphatic rings. The van der Waals surface area contributed by atoms with Gasteiger partial charge in [0.1, 0.15) is 11.4 Å². The molecule has 4 rings (SSSR count). The maximum Gasteiger partial charge on any atom is 0.263 e. The molecule has 0 radical (unpaired) electrons. The van der Waals surface area contributed by atoms with E-state index >= 15 is 0 Å². The highest BCUT2D eigenvalue weighted by molar-refractivity contribution is 6.31. The molecule has 124 valence electrons. The van der Waals surface area contributed by atoms with Crippen LogP contribution in [0.2, 0.25) is 5.02 Å². The van der Waals surface area contributed by atoms with Crippen LogP contribution in [0, 0.1) is 0 Å². The lowest BCUT2D eigenvalue weighted by Gasteiger charge is -2.17. The Morgan fingerprint density at radius 3 is 2.71 bits per heavy atom. The molecule has 1 saturated heterocycles. The van der Waals surface area contributed by atoms with Gasteiger partial charge in [0.25, 0.3) is 11.5 Å². The third kappa shape index (κ3) is 2.84. The number of rotatable bonds is 3. The third-order valence-electron chi connectivity index (χ3n) is 4.83. The molecule has 1 amide bonds. The Morgan fingerprint density at radius 1 is 1.21 bits per heavy atom. The second-order valence-electron chi connectivity index (χ2n) is 6.54. The van der Waals surface area contributed by atoms with Gasteiger partial charge in [-0.2, -0.15) is 0 Å². The zero-order chi connectivity index (χ0) is 16.7. The Balaban J connectivity index is 1.52. The summed E-state index contributed by atoms with van der Waals surface area (Å²) in [6, 6.07) is 7.72. The van der Waals surface area contributed by atoms with Gasteiger partial charge in [-0.1, -0.05) is 29.8 Å². The van der Waals surface area contributed by atoms with Crippen molar-refractivity contribution in [3.8, 4) is 0 Å². The predicted octanol–water partition coefficient (Wildman–Crippen LogP) is 2.93. The number of halogens is 1. The number of carbonyl (C=O) groups is 1. The number of hydrogen-bond donors (Lipinski definition) is 1. The molecule has 0 spiro atoms. The first kappa shape index (κ1) is 15.4. The van der Waals surface area contributed by atoms with E-state index in [9.17, 15) is 9.59 Å². The minimum atomic E-state index is -0.335. The molecule has 1 aliphatic carbocycles. The fourth-order valence-corrected chi connectivity index (χ4v) is 3.59. The molecule has 2 fully saturated rings. The summed E-state index contributed by atoms with van der Waals surface area (Å²) >= 11 is 6.26. The molecule has 6 heteroatoms. The van der Waals surface area contributed by atoms with Gasteiger partial charge in [-0.15, -0.1) is 0 Å². The molecule has 2 heterocycles. The van der Waals surface area contributed by atoms with Crippen LogP contribution in [0.1, 0.15) is 52.8 Å². The lowest BCUT2D eigenvalue weighted by atomic mass is 9.98. The van der Waals surface area contributed by atoms with Crippen LogP contribution in [0.5, 0.6) is 0 Å². The maximum absolute atomic E-state index is 12.7. The second kappa shape index (κ2) is 6.06. The molecule has 2 aromatic rings. The number of aromatic nitrogens is 2. The van der Waals surface area contributed by atoms with Gasteiger partial charge < -0.3 is 9.88 Å². The molecule has 1 atom stereocenters. The Hall–Kier alpha value is -2.14. The Kier molecular flexibility index (Phi) is 3.88. The first-order valence-corrected chi connectivity index (χ1v) is 8.64. The highest BCUT2D eigenvalue weighted by Gasteiger charge is 2.31. The first-order chi connectivity index (χ1) is 11.6. The summed E-state index contributed by atoms with van der Waals surface area (Å²) in [5, 5.41) is 0.727. The minimum Gasteiger partial charge on any atom is -0.338 e. The van der Waals surface area contributed by atoms with Gasteiger partial charge in [0, 0.05) is 36.1 Å². The highest BCUT2D eigenvalue weighted by atomic mass is 35.5. The molecule has 24 heavy (non-hydrogen) atoms. The second-order valence-corrected chi connectivity index (χ2v) is 6.95. The number of carbonyl (C=O) groups excluding carboxylic acids is 1. The first-order valence-electron chi connectivity index (χ1n) is 8.26. The van der Waals surface area contributed by atoms with Crippen LogP contribution in [0.3, 0.4) is 0 Å². The molecule has 1 unspecified atom stereocenters. The smallest absolute Gasteiger partial charge is 0.263 e. The average molecular weight is 344 g/mol. The van der Waals surface area contributed by atoms with E-state index in [0.29, 0.717) is 24.8 Å². The molecular weight excluding hydrogens is 326 g/mol. The Bertz CT molecular complexity index is 844. The molecule has 1 aromatic carbocycles. The van der Waals surface area contributed by atoms with Gasteiger partial charge >= 0.3 is 0 Å². The standard InChI is InChI=1S/C18H18ClN3O2/c19-15-4-2-1-3-13(15)12-7-8-22(10-12)18(24)14-9-20-16(11-5-6-11)21-17(14)23/h1-4,9,11-12H,5-8,10H2,(H,20,21,23). The van der Waals surface area contributed by atoms with E-state index in [0.717, 1.165) is 29.8 Å². The number of hydrogen-bond acceptors (Lipinski definition) is 3. The van der Waals surface area contributed by atoms with Crippen LogP contribution in [0.25, 0.3) is 0 Å². The largest absolute Gasteiger partial charge is 0.338 e. The van der Waals surface area contributed by atoms with Gasteiger partial charge in [-0.25, -0.2) is 4.98 Å². The normalized spacial score (nSPS) is 20.4. The van der Waals surface area contributed by atoms with Crippen LogP contribution in [-0.4, -0.2) is 33.9 Å². The van der Waals surface area contributed by atoms with Crippen LogP contribution >= 0.6 is 11.6 Å². The average Bonchev–Trinajstić information content (AvgIpc) is 3.32. The van der Waals surface area contributed by atoms with Crippen molar-refractivity contribution < 1.29 is 4.79 Å². The van der Waals surface area contributed by atoms with Crippen molar-refractivity contribution in [1.82, 2.24) is 14.9 Å². The van der Waals surface area contributed by atoms with Gasteiger partial charge in [0.05, 0.1) is 0 Å². The van der Waals surface area contributed by atoms with Crippen molar-refractivity contribution in [2.24, 2.45) is 0 Å². The summed E-state index contributed by atoms with van der Waals surface area (Å²) in [7, 11) is 0. The van der Waals surface area contributed by atoms with Crippen molar-refractivity contribution in [1.29, 1.82) is 0 Å². The van der Waals surface area contributed by atoms with Crippen LogP contribution < -0.4 is 5.56 Å². The van der Waals surface area contributed by atoms with E-state index in [1.54, 1.807) is 4.90 Å². The van der Waals surface area contributed by atoms with Crippen LogP contribution in [-0.2, 0) is 0 Å². The summed E-state index contributed by atoms with van der Waals surface area (Å²) in [6.07, 6.45) is 4.39. The number of benzene rings is 1. The highest BCUT2D eigenvalue weighted by Crippen LogP contribution is 2.37. The number of likely N-dealkylation sites (tertiary alicyclic amines) is 1. The number of aromatic amines is 1. The molecular formula is C18H18ClN3O2. The van der Waals surface area contributed by atoms with E-state index in [1.807, 2.05) is 24.3 Å². The van der Waals surface area contributed by atoms with Gasteiger partial charge in [0.2, 0.25) is 0 Å². The summed E-state index contributed by atoms with van der Waals surface area (Å²) in [5.41, 5.74) is 0.850. The quantitative estimate of drug-likeness (QED) is 0.931. The minimum absolute atomic E-state index is 0.124.